The minimum absolute atomic E-state index is 0.0784. The Morgan fingerprint density at radius 1 is 1.11 bits per heavy atom. The van der Waals surface area contributed by atoms with Crippen molar-refractivity contribution in [2.75, 3.05) is 36.4 Å². The molecule has 7 nitrogen and oxygen atoms in total. The van der Waals surface area contributed by atoms with Crippen LogP contribution in [0.5, 0.6) is 0 Å². The second-order valence-electron chi connectivity index (χ2n) is 6.63. The molecule has 2 aliphatic heterocycles. The molecule has 28 heavy (non-hydrogen) atoms. The highest BCUT2D eigenvalue weighted by Gasteiger charge is 2.36. The third-order valence-corrected chi connectivity index (χ3v) is 6.53. The van der Waals surface area contributed by atoms with Crippen LogP contribution in [0, 0.1) is 5.82 Å². The number of benzene rings is 2. The molecule has 1 atom stereocenters. The first-order valence-corrected chi connectivity index (χ1v) is 10.6. The molecule has 0 spiro atoms. The monoisotopic (exact) mass is 424 g/mol. The third kappa shape index (κ3) is 3.65. The molecule has 10 heteroatoms. The van der Waals surface area contributed by atoms with Crippen molar-refractivity contribution in [2.24, 2.45) is 0 Å². The van der Waals surface area contributed by atoms with Gasteiger partial charge in [0.1, 0.15) is 10.7 Å². The number of fused-ring (bicyclic) bond motifs is 1. The summed E-state index contributed by atoms with van der Waals surface area (Å²) in [4.78, 5) is 16.5. The molecule has 2 aromatic carbocycles. The molecule has 4 rings (SSSR count). The van der Waals surface area contributed by atoms with Gasteiger partial charge in [-0.15, -0.1) is 0 Å². The predicted octanol–water partition coefficient (Wildman–Crippen LogP) is 1.86. The zero-order valence-electron chi connectivity index (χ0n) is 14.7. The molecule has 1 saturated heterocycles. The van der Waals surface area contributed by atoms with Crippen LogP contribution in [0.15, 0.2) is 47.4 Å². The quantitative estimate of drug-likeness (QED) is 0.769. The summed E-state index contributed by atoms with van der Waals surface area (Å²) < 4.78 is 40.6. The van der Waals surface area contributed by atoms with Gasteiger partial charge < -0.3 is 15.1 Å². The first-order valence-electron chi connectivity index (χ1n) is 8.71. The Balaban J connectivity index is 1.46. The average Bonchev–Trinajstić information content (AvgIpc) is 2.66. The van der Waals surface area contributed by atoms with E-state index < -0.39 is 27.9 Å². The maximum Gasteiger partial charge on any atom is 0.261 e. The Kier molecular flexibility index (Phi) is 4.90. The topological polar surface area (TPSA) is 81.7 Å². The largest absolute Gasteiger partial charge is 0.368 e. The van der Waals surface area contributed by atoms with Gasteiger partial charge in [-0.2, -0.15) is 4.72 Å². The summed E-state index contributed by atoms with van der Waals surface area (Å²) in [5.74, 6) is -0.978. The highest BCUT2D eigenvalue weighted by Crippen LogP contribution is 2.27. The summed E-state index contributed by atoms with van der Waals surface area (Å²) >= 11 is 6.03. The molecule has 2 aliphatic rings. The standard InChI is InChI=1S/C18H18ClFN4O3S/c19-12-2-1-3-14(10-12)23-6-8-24(9-7-23)18(25)17-21-15-11-13(20)4-5-16(15)28(26,27)22-17/h1-5,10-11,17,21-22H,6-9H2/t17-/m1/s1. The fourth-order valence-electron chi connectivity index (χ4n) is 3.41. The van der Waals surface area contributed by atoms with Crippen LogP contribution in [0.1, 0.15) is 0 Å². The van der Waals surface area contributed by atoms with E-state index in [0.717, 1.165) is 17.8 Å². The van der Waals surface area contributed by atoms with Crippen molar-refractivity contribution in [1.29, 1.82) is 0 Å². The van der Waals surface area contributed by atoms with E-state index in [1.165, 1.54) is 6.07 Å². The molecular formula is C18H18ClFN4O3S. The Morgan fingerprint density at radius 3 is 2.57 bits per heavy atom. The number of nitrogens with zero attached hydrogens (tertiary/aromatic N) is 2. The van der Waals surface area contributed by atoms with Crippen molar-refractivity contribution in [1.82, 2.24) is 9.62 Å². The Labute approximate surface area is 167 Å². The van der Waals surface area contributed by atoms with Gasteiger partial charge in [-0.3, -0.25) is 4.79 Å². The van der Waals surface area contributed by atoms with Crippen LogP contribution in [0.2, 0.25) is 5.02 Å². The summed E-state index contributed by atoms with van der Waals surface area (Å²) in [5.41, 5.74) is 1.05. The SMILES string of the molecule is O=C([C@@H]1Nc2cc(F)ccc2S(=O)(=O)N1)N1CCN(c2cccc(Cl)c2)CC1. The molecule has 0 aromatic heterocycles. The second kappa shape index (κ2) is 7.23. The minimum atomic E-state index is -3.90. The van der Waals surface area contributed by atoms with Gasteiger partial charge in [0.05, 0.1) is 5.69 Å². The fraction of sp³-hybridized carbons (Fsp3) is 0.278. The maximum atomic E-state index is 13.5. The van der Waals surface area contributed by atoms with Gasteiger partial charge >= 0.3 is 0 Å². The van der Waals surface area contributed by atoms with Crippen LogP contribution in [0.4, 0.5) is 15.8 Å². The first-order chi connectivity index (χ1) is 13.3. The smallest absolute Gasteiger partial charge is 0.261 e. The molecule has 2 aromatic rings. The molecule has 0 aliphatic carbocycles. The van der Waals surface area contributed by atoms with Crippen molar-refractivity contribution in [2.45, 2.75) is 11.1 Å². The van der Waals surface area contributed by atoms with Crippen molar-refractivity contribution in [3.63, 3.8) is 0 Å². The number of anilines is 2. The lowest BCUT2D eigenvalue weighted by atomic mass is 10.2. The predicted molar refractivity (Wildman–Crippen MR) is 104 cm³/mol. The molecular weight excluding hydrogens is 407 g/mol. The van der Waals surface area contributed by atoms with Crippen LogP contribution in [0.25, 0.3) is 0 Å². The van der Waals surface area contributed by atoms with E-state index >= 15 is 0 Å². The molecule has 0 bridgehead atoms. The number of amides is 1. The van der Waals surface area contributed by atoms with Gasteiger partial charge in [0, 0.05) is 36.9 Å². The van der Waals surface area contributed by atoms with Gasteiger partial charge in [0.2, 0.25) is 10.0 Å². The second-order valence-corrected chi connectivity index (χ2v) is 8.75. The highest BCUT2D eigenvalue weighted by molar-refractivity contribution is 7.89. The number of piperazine rings is 1. The number of halogens is 2. The molecule has 0 radical (unpaired) electrons. The van der Waals surface area contributed by atoms with E-state index in [2.05, 4.69) is 14.9 Å². The Hall–Kier alpha value is -2.36. The lowest BCUT2D eigenvalue weighted by molar-refractivity contribution is -0.132. The number of hydrogen-bond acceptors (Lipinski definition) is 5. The zero-order chi connectivity index (χ0) is 19.9. The van der Waals surface area contributed by atoms with Crippen LogP contribution < -0.4 is 14.9 Å². The van der Waals surface area contributed by atoms with Gasteiger partial charge in [-0.1, -0.05) is 17.7 Å². The van der Waals surface area contributed by atoms with E-state index in [1.807, 2.05) is 18.2 Å². The van der Waals surface area contributed by atoms with Crippen molar-refractivity contribution < 1.29 is 17.6 Å². The highest BCUT2D eigenvalue weighted by atomic mass is 35.5. The summed E-state index contributed by atoms with van der Waals surface area (Å²) in [6, 6.07) is 10.8. The number of nitrogens with one attached hydrogen (secondary N) is 2. The number of carbonyl (C=O) groups is 1. The lowest BCUT2D eigenvalue weighted by Gasteiger charge is -2.38. The van der Waals surface area contributed by atoms with E-state index in [-0.39, 0.29) is 10.6 Å². The number of hydrogen-bond donors (Lipinski definition) is 2. The summed E-state index contributed by atoms with van der Waals surface area (Å²) in [6.45, 7) is 2.05. The Morgan fingerprint density at radius 2 is 1.86 bits per heavy atom. The summed E-state index contributed by atoms with van der Waals surface area (Å²) in [6.07, 6.45) is -1.17. The molecule has 2 heterocycles. The van der Waals surface area contributed by atoms with E-state index in [1.54, 1.807) is 11.0 Å². The van der Waals surface area contributed by atoms with Crippen LogP contribution >= 0.6 is 11.6 Å². The lowest BCUT2D eigenvalue weighted by Crippen LogP contribution is -2.58. The van der Waals surface area contributed by atoms with E-state index in [0.29, 0.717) is 31.2 Å². The Bertz CT molecular complexity index is 1030. The molecule has 0 unspecified atom stereocenters. The molecule has 1 fully saturated rings. The van der Waals surface area contributed by atoms with Gasteiger partial charge in [-0.25, -0.2) is 12.8 Å². The summed E-state index contributed by atoms with van der Waals surface area (Å²) in [7, 11) is -3.90. The minimum Gasteiger partial charge on any atom is -0.368 e. The zero-order valence-corrected chi connectivity index (χ0v) is 16.3. The summed E-state index contributed by atoms with van der Waals surface area (Å²) in [5, 5.41) is 3.43. The van der Waals surface area contributed by atoms with E-state index in [9.17, 15) is 17.6 Å². The maximum absolute atomic E-state index is 13.5. The van der Waals surface area contributed by atoms with Crippen molar-refractivity contribution >= 4 is 38.9 Å². The van der Waals surface area contributed by atoms with Crippen LogP contribution in [-0.2, 0) is 14.8 Å². The number of carbonyl (C=O) groups excluding carboxylic acids is 1. The third-order valence-electron chi connectivity index (χ3n) is 4.82. The van der Waals surface area contributed by atoms with Crippen molar-refractivity contribution in [3.05, 3.63) is 53.3 Å². The van der Waals surface area contributed by atoms with Gasteiger partial charge in [0.15, 0.2) is 6.17 Å². The molecule has 1 amide bonds. The van der Waals surface area contributed by atoms with Crippen LogP contribution in [0.3, 0.4) is 0 Å². The number of sulfonamides is 1. The number of rotatable bonds is 2. The van der Waals surface area contributed by atoms with Gasteiger partial charge in [-0.05, 0) is 36.4 Å². The molecule has 0 saturated carbocycles. The normalized spacial score (nSPS) is 21.0. The average molecular weight is 425 g/mol. The molecule has 148 valence electrons. The molecule has 2 N–H and O–H groups in total. The van der Waals surface area contributed by atoms with Gasteiger partial charge in [0.25, 0.3) is 5.91 Å². The van der Waals surface area contributed by atoms with Crippen molar-refractivity contribution in [3.8, 4) is 0 Å². The fourth-order valence-corrected chi connectivity index (χ4v) is 4.84. The van der Waals surface area contributed by atoms with E-state index in [4.69, 9.17) is 11.6 Å². The first kappa shape index (κ1) is 19.0. The van der Waals surface area contributed by atoms with Crippen LogP contribution in [-0.4, -0.2) is 51.6 Å².